The van der Waals surface area contributed by atoms with Crippen LogP contribution in [-0.2, 0) is 11.2 Å². The molecule has 2 aliphatic rings. The molecule has 0 spiro atoms. The lowest BCUT2D eigenvalue weighted by Gasteiger charge is -2.51. The predicted molar refractivity (Wildman–Crippen MR) is 81.7 cm³/mol. The van der Waals surface area contributed by atoms with E-state index < -0.39 is 5.54 Å². The average Bonchev–Trinajstić information content (AvgIpc) is 2.60. The van der Waals surface area contributed by atoms with Gasteiger partial charge in [-0.15, -0.1) is 0 Å². The van der Waals surface area contributed by atoms with Crippen LogP contribution in [0.15, 0.2) is 18.3 Å². The molecule has 22 heavy (non-hydrogen) atoms. The highest BCUT2D eigenvalue weighted by Gasteiger charge is 2.44. The summed E-state index contributed by atoms with van der Waals surface area (Å²) >= 11 is 0. The largest absolute Gasteiger partial charge is 0.394 e. The van der Waals surface area contributed by atoms with E-state index in [1.165, 1.54) is 0 Å². The number of hydrogen-bond acceptors (Lipinski definition) is 5. The Balaban J connectivity index is 1.78. The number of aliphatic hydroxyl groups excluding tert-OH is 1. The number of pyridine rings is 1. The van der Waals surface area contributed by atoms with Crippen molar-refractivity contribution in [3.8, 4) is 0 Å². The van der Waals surface area contributed by atoms with Crippen LogP contribution in [0.1, 0.15) is 23.0 Å². The Bertz CT molecular complexity index is 551. The zero-order valence-electron chi connectivity index (χ0n) is 13.0. The number of hydrogen-bond donors (Lipinski definition) is 1. The van der Waals surface area contributed by atoms with E-state index in [9.17, 15) is 9.90 Å². The van der Waals surface area contributed by atoms with E-state index in [4.69, 9.17) is 4.74 Å². The first kappa shape index (κ1) is 15.4. The number of aromatic nitrogens is 1. The maximum atomic E-state index is 12.7. The second kappa shape index (κ2) is 6.32. The minimum atomic E-state index is -0.464. The van der Waals surface area contributed by atoms with Crippen LogP contribution in [0.5, 0.6) is 0 Å². The molecule has 2 fully saturated rings. The zero-order chi connectivity index (χ0) is 15.6. The van der Waals surface area contributed by atoms with E-state index in [1.807, 2.05) is 12.1 Å². The van der Waals surface area contributed by atoms with Gasteiger partial charge in [-0.3, -0.25) is 14.7 Å². The van der Waals surface area contributed by atoms with Crippen molar-refractivity contribution < 1.29 is 14.6 Å². The maximum Gasteiger partial charge on any atom is 0.272 e. The van der Waals surface area contributed by atoms with Gasteiger partial charge in [-0.2, -0.15) is 0 Å². The Labute approximate surface area is 130 Å². The van der Waals surface area contributed by atoms with Crippen molar-refractivity contribution in [2.24, 2.45) is 0 Å². The smallest absolute Gasteiger partial charge is 0.272 e. The van der Waals surface area contributed by atoms with Crippen molar-refractivity contribution in [3.05, 3.63) is 29.6 Å². The maximum absolute atomic E-state index is 12.7. The summed E-state index contributed by atoms with van der Waals surface area (Å²) in [6, 6.07) is 3.79. The summed E-state index contributed by atoms with van der Waals surface area (Å²) in [5.41, 5.74) is 1.13. The molecule has 1 N–H and O–H groups in total. The number of morpholine rings is 1. The fraction of sp³-hybridized carbons (Fsp3) is 0.625. The lowest BCUT2D eigenvalue weighted by Crippen LogP contribution is -2.69. The molecule has 0 aliphatic carbocycles. The number of aryl methyl sites for hydroxylation is 1. The van der Waals surface area contributed by atoms with Crippen molar-refractivity contribution in [1.29, 1.82) is 0 Å². The normalized spacial score (nSPS) is 25.8. The van der Waals surface area contributed by atoms with Crippen LogP contribution in [0.4, 0.5) is 0 Å². The molecule has 0 aromatic carbocycles. The van der Waals surface area contributed by atoms with E-state index in [1.54, 1.807) is 11.1 Å². The van der Waals surface area contributed by atoms with E-state index in [0.717, 1.165) is 25.1 Å². The second-order valence-corrected chi connectivity index (χ2v) is 6.05. The van der Waals surface area contributed by atoms with Gasteiger partial charge in [-0.25, -0.2) is 0 Å². The standard InChI is InChI=1S/C16H23N3O3/c1-2-13-3-4-17-14(9-13)15(21)18-5-6-19-7-8-22-12-16(19,10-18)11-20/h3-4,9,20H,2,5-8,10-12H2,1H3. The van der Waals surface area contributed by atoms with Crippen molar-refractivity contribution in [2.45, 2.75) is 18.9 Å². The fourth-order valence-corrected chi connectivity index (χ4v) is 3.28. The quantitative estimate of drug-likeness (QED) is 0.862. The van der Waals surface area contributed by atoms with Crippen LogP contribution in [0.25, 0.3) is 0 Å². The van der Waals surface area contributed by atoms with Crippen LogP contribution < -0.4 is 0 Å². The summed E-state index contributed by atoms with van der Waals surface area (Å²) in [4.78, 5) is 21.0. The van der Waals surface area contributed by atoms with Gasteiger partial charge < -0.3 is 14.7 Å². The molecule has 1 aromatic rings. The van der Waals surface area contributed by atoms with Crippen molar-refractivity contribution in [1.82, 2.24) is 14.8 Å². The van der Waals surface area contributed by atoms with Crippen molar-refractivity contribution >= 4 is 5.91 Å². The molecule has 2 aliphatic heterocycles. The molecule has 120 valence electrons. The third-order valence-electron chi connectivity index (χ3n) is 4.71. The summed E-state index contributed by atoms with van der Waals surface area (Å²) in [7, 11) is 0. The molecule has 6 nitrogen and oxygen atoms in total. The number of fused-ring (bicyclic) bond motifs is 1. The number of piperazine rings is 1. The zero-order valence-corrected chi connectivity index (χ0v) is 13.0. The molecule has 0 saturated carbocycles. The highest BCUT2D eigenvalue weighted by atomic mass is 16.5. The molecule has 3 rings (SSSR count). The number of ether oxygens (including phenoxy) is 1. The van der Waals surface area contributed by atoms with E-state index in [2.05, 4.69) is 16.8 Å². The first-order chi connectivity index (χ1) is 10.7. The van der Waals surface area contributed by atoms with Crippen molar-refractivity contribution in [2.75, 3.05) is 46.0 Å². The molecule has 1 amide bonds. The van der Waals surface area contributed by atoms with Gasteiger partial charge in [0.2, 0.25) is 0 Å². The number of amides is 1. The highest BCUT2D eigenvalue weighted by molar-refractivity contribution is 5.92. The summed E-state index contributed by atoms with van der Waals surface area (Å²) in [5.74, 6) is -0.0617. The summed E-state index contributed by atoms with van der Waals surface area (Å²) in [6.45, 7) is 5.95. The Morgan fingerprint density at radius 2 is 2.32 bits per heavy atom. The lowest BCUT2D eigenvalue weighted by molar-refractivity contribution is -0.119. The molecule has 2 saturated heterocycles. The predicted octanol–water partition coefficient (Wildman–Crippen LogP) is 0.163. The van der Waals surface area contributed by atoms with Crippen LogP contribution in [0.2, 0.25) is 0 Å². The van der Waals surface area contributed by atoms with Gasteiger partial charge in [-0.05, 0) is 24.1 Å². The van der Waals surface area contributed by atoms with Gasteiger partial charge in [0.25, 0.3) is 5.91 Å². The Hall–Kier alpha value is -1.50. The molecule has 0 bridgehead atoms. The number of rotatable bonds is 3. The SMILES string of the molecule is CCc1ccnc(C(=O)N2CCN3CCOCC3(CO)C2)c1. The fourth-order valence-electron chi connectivity index (χ4n) is 3.28. The van der Waals surface area contributed by atoms with Gasteiger partial charge in [0, 0.05) is 32.4 Å². The van der Waals surface area contributed by atoms with E-state index >= 15 is 0 Å². The van der Waals surface area contributed by atoms with Gasteiger partial charge in [0.15, 0.2) is 0 Å². The van der Waals surface area contributed by atoms with Crippen LogP contribution in [0.3, 0.4) is 0 Å². The lowest BCUT2D eigenvalue weighted by atomic mass is 9.94. The van der Waals surface area contributed by atoms with Crippen molar-refractivity contribution in [3.63, 3.8) is 0 Å². The Morgan fingerprint density at radius 1 is 1.45 bits per heavy atom. The molecule has 1 atom stereocenters. The summed E-state index contributed by atoms with van der Waals surface area (Å²) < 4.78 is 5.55. The summed E-state index contributed by atoms with van der Waals surface area (Å²) in [5, 5.41) is 9.85. The molecule has 1 unspecified atom stereocenters. The molecule has 6 heteroatoms. The van der Waals surface area contributed by atoms with Gasteiger partial charge in [0.1, 0.15) is 5.69 Å². The molecule has 3 heterocycles. The minimum absolute atomic E-state index is 0.000785. The third-order valence-corrected chi connectivity index (χ3v) is 4.71. The van der Waals surface area contributed by atoms with Crippen LogP contribution in [-0.4, -0.2) is 77.3 Å². The van der Waals surface area contributed by atoms with Gasteiger partial charge in [-0.1, -0.05) is 6.92 Å². The number of aliphatic hydroxyl groups is 1. The molecule has 1 aromatic heterocycles. The second-order valence-electron chi connectivity index (χ2n) is 6.05. The van der Waals surface area contributed by atoms with E-state index in [-0.39, 0.29) is 12.5 Å². The van der Waals surface area contributed by atoms with E-state index in [0.29, 0.717) is 32.0 Å². The van der Waals surface area contributed by atoms with Gasteiger partial charge >= 0.3 is 0 Å². The molecular weight excluding hydrogens is 282 g/mol. The number of nitrogens with zero attached hydrogens (tertiary/aromatic N) is 3. The first-order valence-corrected chi connectivity index (χ1v) is 7.86. The molecule has 0 radical (unpaired) electrons. The third kappa shape index (κ3) is 2.74. The van der Waals surface area contributed by atoms with Crippen LogP contribution >= 0.6 is 0 Å². The topological polar surface area (TPSA) is 65.9 Å². The Morgan fingerprint density at radius 3 is 3.09 bits per heavy atom. The number of carbonyl (C=O) groups is 1. The minimum Gasteiger partial charge on any atom is -0.394 e. The Kier molecular flexibility index (Phi) is 4.42. The van der Waals surface area contributed by atoms with Crippen LogP contribution in [0, 0.1) is 0 Å². The monoisotopic (exact) mass is 305 g/mol. The number of carbonyl (C=O) groups excluding carboxylic acids is 1. The summed E-state index contributed by atoms with van der Waals surface area (Å²) in [6.07, 6.45) is 2.57. The first-order valence-electron chi connectivity index (χ1n) is 7.86. The average molecular weight is 305 g/mol. The van der Waals surface area contributed by atoms with Gasteiger partial charge in [0.05, 0.1) is 25.4 Å². The highest BCUT2D eigenvalue weighted by Crippen LogP contribution is 2.25. The molecular formula is C16H23N3O3.